The van der Waals surface area contributed by atoms with Gasteiger partial charge in [0.2, 0.25) is 21.8 Å². The van der Waals surface area contributed by atoms with Crippen LogP contribution in [0, 0.1) is 0 Å². The largest absolute Gasteiger partial charge is 0.337 e. The summed E-state index contributed by atoms with van der Waals surface area (Å²) < 4.78 is 29.5. The van der Waals surface area contributed by atoms with Crippen molar-refractivity contribution in [1.82, 2.24) is 9.62 Å². The van der Waals surface area contributed by atoms with Crippen LogP contribution < -0.4 is 10.0 Å². The van der Waals surface area contributed by atoms with Gasteiger partial charge >= 0.3 is 0 Å². The number of nitrogens with one attached hydrogen (secondary N) is 2. The maximum Gasteiger partial charge on any atom is 0.241 e. The molecule has 2 aliphatic rings. The summed E-state index contributed by atoms with van der Waals surface area (Å²) in [5.41, 5.74) is 4.58. The Kier molecular flexibility index (Phi) is 6.40. The molecule has 3 aromatic rings. The number of rotatable bonds is 6. The molecule has 5 rings (SSSR count). The predicted molar refractivity (Wildman–Crippen MR) is 133 cm³/mol. The van der Waals surface area contributed by atoms with Gasteiger partial charge in [-0.25, -0.2) is 8.42 Å². The van der Waals surface area contributed by atoms with Crippen molar-refractivity contribution in [2.45, 2.75) is 43.2 Å². The summed E-state index contributed by atoms with van der Waals surface area (Å²) in [6.07, 6.45) is 1.78. The average Bonchev–Trinajstić information content (AvgIpc) is 2.87. The maximum absolute atomic E-state index is 13.6. The SMILES string of the molecule is O=C1CCc2cc(S(=O)(=O)N[C@H](Cc3ccccc3)C(=O)N3CCc4ccccc4C3)ccc2N1. The third kappa shape index (κ3) is 5.13. The van der Waals surface area contributed by atoms with Gasteiger partial charge in [-0.05, 0) is 59.7 Å². The first-order valence-corrected chi connectivity index (χ1v) is 13.2. The minimum Gasteiger partial charge on any atom is -0.337 e. The number of carbonyl (C=O) groups is 2. The molecular weight excluding hydrogens is 462 g/mol. The van der Waals surface area contributed by atoms with Crippen molar-refractivity contribution in [2.24, 2.45) is 0 Å². The third-order valence-electron chi connectivity index (χ3n) is 6.60. The van der Waals surface area contributed by atoms with Crippen molar-refractivity contribution in [3.05, 3.63) is 95.1 Å². The molecule has 0 aliphatic carbocycles. The minimum atomic E-state index is -3.98. The van der Waals surface area contributed by atoms with Gasteiger partial charge in [-0.1, -0.05) is 54.6 Å². The summed E-state index contributed by atoms with van der Waals surface area (Å²) in [5.74, 6) is -0.319. The van der Waals surface area contributed by atoms with Crippen molar-refractivity contribution in [3.8, 4) is 0 Å². The Balaban J connectivity index is 1.41. The van der Waals surface area contributed by atoms with Crippen LogP contribution >= 0.6 is 0 Å². The van der Waals surface area contributed by atoms with E-state index in [0.29, 0.717) is 31.6 Å². The lowest BCUT2D eigenvalue weighted by Crippen LogP contribution is -2.50. The molecule has 7 nitrogen and oxygen atoms in total. The molecular formula is C27H27N3O4S. The molecule has 2 N–H and O–H groups in total. The molecule has 0 saturated carbocycles. The monoisotopic (exact) mass is 489 g/mol. The van der Waals surface area contributed by atoms with Gasteiger partial charge in [0.15, 0.2) is 0 Å². The number of fused-ring (bicyclic) bond motifs is 2. The molecule has 180 valence electrons. The topological polar surface area (TPSA) is 95.6 Å². The Bertz CT molecular complexity index is 1370. The van der Waals surface area contributed by atoms with E-state index in [1.807, 2.05) is 48.5 Å². The highest BCUT2D eigenvalue weighted by atomic mass is 32.2. The quantitative estimate of drug-likeness (QED) is 0.556. The van der Waals surface area contributed by atoms with E-state index in [4.69, 9.17) is 0 Å². The number of anilines is 1. The minimum absolute atomic E-state index is 0.0807. The molecule has 0 bridgehead atoms. The lowest BCUT2D eigenvalue weighted by atomic mass is 9.98. The highest BCUT2D eigenvalue weighted by molar-refractivity contribution is 7.89. The second-order valence-corrected chi connectivity index (χ2v) is 10.7. The molecule has 0 fully saturated rings. The Labute approximate surface area is 205 Å². The van der Waals surface area contributed by atoms with Gasteiger partial charge in [0.05, 0.1) is 4.90 Å². The van der Waals surface area contributed by atoms with Gasteiger partial charge in [-0.3, -0.25) is 9.59 Å². The molecule has 2 heterocycles. The average molecular weight is 490 g/mol. The molecule has 0 radical (unpaired) electrons. The van der Waals surface area contributed by atoms with E-state index < -0.39 is 16.1 Å². The zero-order valence-electron chi connectivity index (χ0n) is 19.2. The summed E-state index contributed by atoms with van der Waals surface area (Å²) in [5, 5.41) is 2.77. The first-order valence-electron chi connectivity index (χ1n) is 11.7. The van der Waals surface area contributed by atoms with Gasteiger partial charge in [0, 0.05) is 25.2 Å². The number of aryl methyl sites for hydroxylation is 1. The van der Waals surface area contributed by atoms with Crippen LogP contribution in [0.25, 0.3) is 0 Å². The van der Waals surface area contributed by atoms with Crippen LogP contribution in [0.4, 0.5) is 5.69 Å². The van der Waals surface area contributed by atoms with Crippen molar-refractivity contribution < 1.29 is 18.0 Å². The summed E-state index contributed by atoms with van der Waals surface area (Å²) in [6.45, 7) is 1.00. The van der Waals surface area contributed by atoms with Crippen LogP contribution in [0.5, 0.6) is 0 Å². The van der Waals surface area contributed by atoms with Crippen LogP contribution in [0.2, 0.25) is 0 Å². The van der Waals surface area contributed by atoms with E-state index in [1.54, 1.807) is 17.0 Å². The van der Waals surface area contributed by atoms with Gasteiger partial charge in [-0.2, -0.15) is 4.72 Å². The van der Waals surface area contributed by atoms with E-state index in [0.717, 1.165) is 23.1 Å². The second kappa shape index (κ2) is 9.64. The summed E-state index contributed by atoms with van der Waals surface area (Å²) >= 11 is 0. The lowest BCUT2D eigenvalue weighted by molar-refractivity contribution is -0.134. The predicted octanol–water partition coefficient (Wildman–Crippen LogP) is 3.05. The molecule has 0 unspecified atom stereocenters. The molecule has 0 aromatic heterocycles. The zero-order valence-corrected chi connectivity index (χ0v) is 20.1. The van der Waals surface area contributed by atoms with Crippen molar-refractivity contribution in [2.75, 3.05) is 11.9 Å². The number of amides is 2. The Morgan fingerprint density at radius 1 is 0.914 bits per heavy atom. The smallest absolute Gasteiger partial charge is 0.241 e. The molecule has 35 heavy (non-hydrogen) atoms. The van der Waals surface area contributed by atoms with E-state index >= 15 is 0 Å². The number of nitrogens with zero attached hydrogens (tertiary/aromatic N) is 1. The van der Waals surface area contributed by atoms with Crippen LogP contribution in [-0.2, 0) is 45.4 Å². The molecule has 0 spiro atoms. The standard InChI is InChI=1S/C27H27N3O4S/c31-26-13-10-21-17-23(11-12-24(21)28-26)35(33,34)29-25(16-19-6-2-1-3-7-19)27(32)30-15-14-20-8-4-5-9-22(20)18-30/h1-9,11-12,17,25,29H,10,13-16,18H2,(H,28,31)/t25-/m1/s1. The Morgan fingerprint density at radius 3 is 2.46 bits per heavy atom. The van der Waals surface area contributed by atoms with Crippen molar-refractivity contribution >= 4 is 27.5 Å². The molecule has 3 aromatic carbocycles. The molecule has 0 saturated heterocycles. The third-order valence-corrected chi connectivity index (χ3v) is 8.07. The Morgan fingerprint density at radius 2 is 1.66 bits per heavy atom. The van der Waals surface area contributed by atoms with Crippen molar-refractivity contribution in [3.63, 3.8) is 0 Å². The number of carbonyl (C=O) groups excluding carboxylic acids is 2. The van der Waals surface area contributed by atoms with E-state index in [-0.39, 0.29) is 23.1 Å². The fraction of sp³-hybridized carbons (Fsp3) is 0.259. The number of benzene rings is 3. The fourth-order valence-electron chi connectivity index (χ4n) is 4.72. The number of sulfonamides is 1. The van der Waals surface area contributed by atoms with Crippen LogP contribution in [-0.4, -0.2) is 37.7 Å². The highest BCUT2D eigenvalue weighted by Gasteiger charge is 2.31. The normalized spacial score (nSPS) is 16.1. The molecule has 8 heteroatoms. The molecule has 2 aliphatic heterocycles. The zero-order chi connectivity index (χ0) is 24.4. The Hall–Kier alpha value is -3.49. The number of hydrogen-bond acceptors (Lipinski definition) is 4. The molecule has 1 atom stereocenters. The highest BCUT2D eigenvalue weighted by Crippen LogP contribution is 2.26. The fourth-order valence-corrected chi connectivity index (χ4v) is 5.96. The first kappa shape index (κ1) is 23.3. The van der Waals surface area contributed by atoms with Gasteiger partial charge in [0.1, 0.15) is 6.04 Å². The van der Waals surface area contributed by atoms with Gasteiger partial charge < -0.3 is 10.2 Å². The van der Waals surface area contributed by atoms with E-state index in [1.165, 1.54) is 11.6 Å². The van der Waals surface area contributed by atoms with Crippen molar-refractivity contribution in [1.29, 1.82) is 0 Å². The summed E-state index contributed by atoms with van der Waals surface area (Å²) in [7, 11) is -3.98. The summed E-state index contributed by atoms with van der Waals surface area (Å²) in [4.78, 5) is 27.1. The van der Waals surface area contributed by atoms with E-state index in [2.05, 4.69) is 16.1 Å². The van der Waals surface area contributed by atoms with Gasteiger partial charge in [0.25, 0.3) is 0 Å². The van der Waals surface area contributed by atoms with Gasteiger partial charge in [-0.15, -0.1) is 0 Å². The van der Waals surface area contributed by atoms with E-state index in [9.17, 15) is 18.0 Å². The summed E-state index contributed by atoms with van der Waals surface area (Å²) in [6, 6.07) is 21.2. The van der Waals surface area contributed by atoms with Crippen LogP contribution in [0.3, 0.4) is 0 Å². The molecule has 2 amide bonds. The lowest BCUT2D eigenvalue weighted by Gasteiger charge is -2.32. The second-order valence-electron chi connectivity index (χ2n) is 9.01. The number of hydrogen-bond donors (Lipinski definition) is 2. The van der Waals surface area contributed by atoms with Crippen LogP contribution in [0.1, 0.15) is 28.7 Å². The maximum atomic E-state index is 13.6. The van der Waals surface area contributed by atoms with Crippen LogP contribution in [0.15, 0.2) is 77.7 Å². The first-order chi connectivity index (χ1) is 16.9.